The van der Waals surface area contributed by atoms with Gasteiger partial charge in [0.05, 0.1) is 10.9 Å². The van der Waals surface area contributed by atoms with Crippen LogP contribution in [-0.2, 0) is 14.8 Å². The maximum atomic E-state index is 13.0. The van der Waals surface area contributed by atoms with E-state index in [4.69, 9.17) is 34.8 Å². The van der Waals surface area contributed by atoms with Crippen LogP contribution in [0.3, 0.4) is 0 Å². The Balaban J connectivity index is 1.76. The molecule has 1 heterocycles. The first kappa shape index (κ1) is 21.4. The lowest BCUT2D eigenvalue weighted by molar-refractivity contribution is -0.120. The van der Waals surface area contributed by atoms with Crippen molar-refractivity contribution < 1.29 is 13.2 Å². The Hall–Kier alpha value is -1.31. The lowest BCUT2D eigenvalue weighted by atomic mass is 9.98. The molecule has 0 unspecified atom stereocenters. The van der Waals surface area contributed by atoms with Crippen molar-refractivity contribution in [1.29, 1.82) is 0 Å². The standard InChI is InChI=1S/C19H19Cl3N2O3S/c1-12-4-6-15(10-17(12)22)23-19(25)13-3-2-8-24(11-13)28(26,27)18-9-14(20)5-7-16(18)21/h4-7,9-10,13H,2-3,8,11H2,1H3,(H,23,25)/t13-/m0/s1. The number of halogens is 3. The van der Waals surface area contributed by atoms with E-state index in [1.165, 1.54) is 22.5 Å². The average molecular weight is 462 g/mol. The maximum absolute atomic E-state index is 13.0. The predicted octanol–water partition coefficient (Wildman–Crippen LogP) is 4.99. The van der Waals surface area contributed by atoms with Gasteiger partial charge in [0.15, 0.2) is 0 Å². The number of hydrogen-bond donors (Lipinski definition) is 1. The minimum absolute atomic E-state index is 0.0481. The summed E-state index contributed by atoms with van der Waals surface area (Å²) in [7, 11) is -3.85. The van der Waals surface area contributed by atoms with Crippen LogP contribution in [0.1, 0.15) is 18.4 Å². The Bertz CT molecular complexity index is 1010. The summed E-state index contributed by atoms with van der Waals surface area (Å²) in [6.07, 6.45) is 1.17. The van der Waals surface area contributed by atoms with Gasteiger partial charge in [-0.05, 0) is 55.7 Å². The third kappa shape index (κ3) is 4.63. The topological polar surface area (TPSA) is 66.5 Å². The van der Waals surface area contributed by atoms with Crippen molar-refractivity contribution >= 4 is 56.4 Å². The molecular formula is C19H19Cl3N2O3S. The van der Waals surface area contributed by atoms with Gasteiger partial charge in [-0.3, -0.25) is 4.79 Å². The monoisotopic (exact) mass is 460 g/mol. The summed E-state index contributed by atoms with van der Waals surface area (Å²) in [6, 6.07) is 9.57. The summed E-state index contributed by atoms with van der Waals surface area (Å²) < 4.78 is 27.3. The highest BCUT2D eigenvalue weighted by molar-refractivity contribution is 7.89. The van der Waals surface area contributed by atoms with E-state index >= 15 is 0 Å². The number of piperidine rings is 1. The van der Waals surface area contributed by atoms with E-state index in [-0.39, 0.29) is 27.4 Å². The van der Waals surface area contributed by atoms with E-state index in [0.29, 0.717) is 30.1 Å². The summed E-state index contributed by atoms with van der Waals surface area (Å²) in [5, 5.41) is 3.76. The average Bonchev–Trinajstić information content (AvgIpc) is 2.66. The minimum Gasteiger partial charge on any atom is -0.326 e. The zero-order chi connectivity index (χ0) is 20.5. The number of amides is 1. The van der Waals surface area contributed by atoms with Gasteiger partial charge in [-0.2, -0.15) is 4.31 Å². The smallest absolute Gasteiger partial charge is 0.244 e. The van der Waals surface area contributed by atoms with Gasteiger partial charge in [-0.25, -0.2) is 8.42 Å². The molecule has 9 heteroatoms. The SMILES string of the molecule is Cc1ccc(NC(=O)[C@H]2CCCN(S(=O)(=O)c3cc(Cl)ccc3Cl)C2)cc1Cl. The van der Waals surface area contributed by atoms with Crippen molar-refractivity contribution in [2.24, 2.45) is 5.92 Å². The normalized spacial score (nSPS) is 18.1. The molecule has 2 aromatic carbocycles. The van der Waals surface area contributed by atoms with Gasteiger partial charge in [0.1, 0.15) is 4.90 Å². The number of nitrogens with zero attached hydrogens (tertiary/aromatic N) is 1. The third-order valence-corrected chi connectivity index (χ3v) is 7.69. The van der Waals surface area contributed by atoms with Crippen LogP contribution in [0.5, 0.6) is 0 Å². The summed E-state index contributed by atoms with van der Waals surface area (Å²) in [4.78, 5) is 12.6. The van der Waals surface area contributed by atoms with Crippen LogP contribution in [0.15, 0.2) is 41.3 Å². The highest BCUT2D eigenvalue weighted by Crippen LogP contribution is 2.31. The van der Waals surface area contributed by atoms with Crippen molar-refractivity contribution in [3.8, 4) is 0 Å². The third-order valence-electron chi connectivity index (χ3n) is 4.71. The van der Waals surface area contributed by atoms with Crippen LogP contribution in [0.2, 0.25) is 15.1 Å². The summed E-state index contributed by atoms with van der Waals surface area (Å²) in [5.74, 6) is -0.710. The molecule has 3 rings (SSSR count). The fourth-order valence-corrected chi connectivity index (χ4v) is 5.55. The van der Waals surface area contributed by atoms with Crippen molar-refractivity contribution in [2.75, 3.05) is 18.4 Å². The van der Waals surface area contributed by atoms with Crippen LogP contribution in [0.25, 0.3) is 0 Å². The van der Waals surface area contributed by atoms with Crippen LogP contribution in [-0.4, -0.2) is 31.7 Å². The maximum Gasteiger partial charge on any atom is 0.244 e. The predicted molar refractivity (Wildman–Crippen MR) is 113 cm³/mol. The lowest BCUT2D eigenvalue weighted by Gasteiger charge is -2.31. The van der Waals surface area contributed by atoms with Crippen LogP contribution < -0.4 is 5.32 Å². The van der Waals surface area contributed by atoms with Gasteiger partial charge in [0.25, 0.3) is 0 Å². The first-order valence-electron chi connectivity index (χ1n) is 8.70. The molecule has 0 spiro atoms. The highest BCUT2D eigenvalue weighted by Gasteiger charge is 2.34. The Morgan fingerprint density at radius 1 is 1.11 bits per heavy atom. The number of benzene rings is 2. The molecule has 150 valence electrons. The molecule has 1 aliphatic heterocycles. The van der Waals surface area contributed by atoms with E-state index in [1.54, 1.807) is 12.1 Å². The highest BCUT2D eigenvalue weighted by atomic mass is 35.5. The van der Waals surface area contributed by atoms with Gasteiger partial charge < -0.3 is 5.32 Å². The summed E-state index contributed by atoms with van der Waals surface area (Å²) in [5.41, 5.74) is 1.49. The first-order chi connectivity index (χ1) is 13.2. The molecule has 1 amide bonds. The van der Waals surface area contributed by atoms with Gasteiger partial charge in [-0.15, -0.1) is 0 Å². The second-order valence-corrected chi connectivity index (χ2v) is 9.89. The molecular weight excluding hydrogens is 443 g/mol. The van der Waals surface area contributed by atoms with Crippen LogP contribution >= 0.6 is 34.8 Å². The molecule has 0 saturated carbocycles. The molecule has 1 atom stereocenters. The van der Waals surface area contributed by atoms with Gasteiger partial charge in [0.2, 0.25) is 15.9 Å². The van der Waals surface area contributed by atoms with E-state index in [0.717, 1.165) is 5.56 Å². The van der Waals surface area contributed by atoms with E-state index in [2.05, 4.69) is 5.32 Å². The van der Waals surface area contributed by atoms with Gasteiger partial charge in [-0.1, -0.05) is 40.9 Å². The quantitative estimate of drug-likeness (QED) is 0.697. The van der Waals surface area contributed by atoms with Crippen LogP contribution in [0, 0.1) is 12.8 Å². The molecule has 2 aromatic rings. The fourth-order valence-electron chi connectivity index (χ4n) is 3.10. The number of sulfonamides is 1. The fraction of sp³-hybridized carbons (Fsp3) is 0.316. The second kappa shape index (κ2) is 8.59. The molecule has 0 radical (unpaired) electrons. The molecule has 1 saturated heterocycles. The van der Waals surface area contributed by atoms with Crippen molar-refractivity contribution in [3.63, 3.8) is 0 Å². The number of nitrogens with one attached hydrogen (secondary N) is 1. The number of aryl methyl sites for hydroxylation is 1. The molecule has 0 aliphatic carbocycles. The van der Waals surface area contributed by atoms with E-state index in [9.17, 15) is 13.2 Å². The summed E-state index contributed by atoms with van der Waals surface area (Å²) >= 11 is 18.1. The summed E-state index contributed by atoms with van der Waals surface area (Å²) in [6.45, 7) is 2.28. The molecule has 1 aliphatic rings. The first-order valence-corrected chi connectivity index (χ1v) is 11.3. The zero-order valence-corrected chi connectivity index (χ0v) is 18.2. The Morgan fingerprint density at radius 3 is 2.57 bits per heavy atom. The van der Waals surface area contributed by atoms with E-state index < -0.39 is 15.9 Å². The van der Waals surface area contributed by atoms with Crippen molar-refractivity contribution in [3.05, 3.63) is 57.0 Å². The number of carbonyl (C=O) groups is 1. The molecule has 28 heavy (non-hydrogen) atoms. The van der Waals surface area contributed by atoms with Crippen molar-refractivity contribution in [2.45, 2.75) is 24.7 Å². The Kier molecular flexibility index (Phi) is 6.57. The second-order valence-electron chi connectivity index (χ2n) is 6.73. The Morgan fingerprint density at radius 2 is 1.86 bits per heavy atom. The molecule has 5 nitrogen and oxygen atoms in total. The molecule has 1 fully saturated rings. The molecule has 0 bridgehead atoms. The minimum atomic E-state index is -3.85. The molecule has 1 N–H and O–H groups in total. The van der Waals surface area contributed by atoms with Gasteiger partial charge in [0, 0.05) is 28.8 Å². The lowest BCUT2D eigenvalue weighted by Crippen LogP contribution is -2.43. The number of carbonyl (C=O) groups excluding carboxylic acids is 1. The van der Waals surface area contributed by atoms with Crippen molar-refractivity contribution in [1.82, 2.24) is 4.31 Å². The largest absolute Gasteiger partial charge is 0.326 e. The van der Waals surface area contributed by atoms with Gasteiger partial charge >= 0.3 is 0 Å². The Labute approximate surface area is 179 Å². The van der Waals surface area contributed by atoms with Crippen LogP contribution in [0.4, 0.5) is 5.69 Å². The number of rotatable bonds is 4. The zero-order valence-electron chi connectivity index (χ0n) is 15.1. The molecule has 0 aromatic heterocycles. The number of hydrogen-bond acceptors (Lipinski definition) is 3. The number of anilines is 1. The van der Waals surface area contributed by atoms with E-state index in [1.807, 2.05) is 13.0 Å².